The van der Waals surface area contributed by atoms with Crippen LogP contribution in [0.25, 0.3) is 0 Å². The number of aliphatic hydroxyl groups is 1. The van der Waals surface area contributed by atoms with E-state index in [2.05, 4.69) is 15.6 Å². The molecule has 1 atom stereocenters. The van der Waals surface area contributed by atoms with Gasteiger partial charge in [-0.05, 0) is 19.8 Å². The van der Waals surface area contributed by atoms with Gasteiger partial charge in [-0.25, -0.2) is 4.98 Å². The van der Waals surface area contributed by atoms with Gasteiger partial charge >= 0.3 is 0 Å². The number of nitrogens with one attached hydrogen (secondary N) is 2. The molecule has 0 bridgehead atoms. The van der Waals surface area contributed by atoms with Crippen LogP contribution in [0.1, 0.15) is 37.2 Å². The Labute approximate surface area is 109 Å². The van der Waals surface area contributed by atoms with Crippen LogP contribution in [0.15, 0.2) is 5.38 Å². The van der Waals surface area contributed by atoms with Crippen LogP contribution in [0.4, 0.5) is 5.13 Å². The number of amides is 2. The summed E-state index contributed by atoms with van der Waals surface area (Å²) in [5, 5.41) is 16.0. The molecule has 18 heavy (non-hydrogen) atoms. The smallest absolute Gasteiger partial charge is 0.271 e. The Balaban J connectivity index is 2.51. The second-order valence-corrected chi connectivity index (χ2v) is 4.82. The van der Waals surface area contributed by atoms with E-state index in [4.69, 9.17) is 5.11 Å². The third-order valence-corrected chi connectivity index (χ3v) is 2.95. The van der Waals surface area contributed by atoms with E-state index in [1.54, 1.807) is 5.38 Å². The van der Waals surface area contributed by atoms with Gasteiger partial charge < -0.3 is 15.7 Å². The van der Waals surface area contributed by atoms with E-state index in [0.717, 1.165) is 0 Å². The fourth-order valence-electron chi connectivity index (χ4n) is 1.35. The lowest BCUT2D eigenvalue weighted by Crippen LogP contribution is -2.32. The molecule has 0 aliphatic carbocycles. The first-order valence-electron chi connectivity index (χ1n) is 5.67. The van der Waals surface area contributed by atoms with Gasteiger partial charge in [0.25, 0.3) is 5.91 Å². The maximum atomic E-state index is 11.8. The van der Waals surface area contributed by atoms with E-state index in [-0.39, 0.29) is 24.5 Å². The van der Waals surface area contributed by atoms with Crippen molar-refractivity contribution in [3.63, 3.8) is 0 Å². The average Bonchev–Trinajstić information content (AvgIpc) is 2.73. The molecule has 1 aromatic heterocycles. The van der Waals surface area contributed by atoms with Crippen LogP contribution in [-0.2, 0) is 4.79 Å². The highest BCUT2D eigenvalue weighted by Crippen LogP contribution is 2.15. The highest BCUT2D eigenvalue weighted by atomic mass is 32.1. The van der Waals surface area contributed by atoms with Gasteiger partial charge in [-0.2, -0.15) is 0 Å². The first-order chi connectivity index (χ1) is 8.52. The van der Waals surface area contributed by atoms with Crippen LogP contribution in [0.5, 0.6) is 0 Å². The van der Waals surface area contributed by atoms with Gasteiger partial charge in [-0.1, -0.05) is 0 Å². The van der Waals surface area contributed by atoms with Crippen molar-refractivity contribution in [3.05, 3.63) is 11.1 Å². The van der Waals surface area contributed by atoms with Crippen LogP contribution in [0, 0.1) is 0 Å². The second-order valence-electron chi connectivity index (χ2n) is 3.96. The van der Waals surface area contributed by atoms with E-state index in [0.29, 0.717) is 23.7 Å². The van der Waals surface area contributed by atoms with Crippen molar-refractivity contribution in [1.82, 2.24) is 10.3 Å². The first kappa shape index (κ1) is 14.6. The van der Waals surface area contributed by atoms with E-state index < -0.39 is 0 Å². The Bertz CT molecular complexity index is 419. The minimum absolute atomic E-state index is 0.0180. The highest BCUT2D eigenvalue weighted by Gasteiger charge is 2.13. The third-order valence-electron chi connectivity index (χ3n) is 2.19. The van der Waals surface area contributed by atoms with Crippen LogP contribution >= 0.6 is 11.3 Å². The van der Waals surface area contributed by atoms with E-state index >= 15 is 0 Å². The molecule has 0 spiro atoms. The maximum absolute atomic E-state index is 11.8. The molecule has 7 heteroatoms. The van der Waals surface area contributed by atoms with Crippen LogP contribution in [-0.4, -0.2) is 34.6 Å². The summed E-state index contributed by atoms with van der Waals surface area (Å²) in [5.41, 5.74) is 0.291. The Morgan fingerprint density at radius 2 is 2.28 bits per heavy atom. The summed E-state index contributed by atoms with van der Waals surface area (Å²) >= 11 is 1.21. The number of nitrogens with zero attached hydrogens (tertiary/aromatic N) is 1. The topological polar surface area (TPSA) is 91.3 Å². The van der Waals surface area contributed by atoms with Gasteiger partial charge in [0.15, 0.2) is 5.13 Å². The average molecular weight is 271 g/mol. The molecule has 1 heterocycles. The summed E-state index contributed by atoms with van der Waals surface area (Å²) < 4.78 is 0. The second kappa shape index (κ2) is 7.07. The zero-order valence-electron chi connectivity index (χ0n) is 10.4. The van der Waals surface area contributed by atoms with Crippen LogP contribution in [0.2, 0.25) is 0 Å². The highest BCUT2D eigenvalue weighted by molar-refractivity contribution is 7.14. The van der Waals surface area contributed by atoms with Gasteiger partial charge in [0.1, 0.15) is 5.69 Å². The fourth-order valence-corrected chi connectivity index (χ4v) is 2.09. The fraction of sp³-hybridized carbons (Fsp3) is 0.545. The van der Waals surface area contributed by atoms with Crippen molar-refractivity contribution in [3.8, 4) is 0 Å². The molecule has 0 aliphatic rings. The number of carbonyl (C=O) groups excluding carboxylic acids is 2. The Morgan fingerprint density at radius 3 is 2.89 bits per heavy atom. The molecule has 1 unspecified atom stereocenters. The molecular formula is C11H17N3O3S. The number of thiazole rings is 1. The molecule has 0 aliphatic heterocycles. The first-order valence-corrected chi connectivity index (χ1v) is 6.55. The predicted molar refractivity (Wildman–Crippen MR) is 69.7 cm³/mol. The predicted octanol–water partition coefficient (Wildman–Crippen LogP) is 0.992. The minimum atomic E-state index is -0.270. The molecule has 0 saturated carbocycles. The van der Waals surface area contributed by atoms with Crippen molar-refractivity contribution in [2.75, 3.05) is 11.9 Å². The molecule has 6 nitrogen and oxygen atoms in total. The van der Waals surface area contributed by atoms with Gasteiger partial charge in [-0.15, -0.1) is 11.3 Å². The summed E-state index contributed by atoms with van der Waals surface area (Å²) in [5.74, 6) is -0.485. The zero-order chi connectivity index (χ0) is 13.5. The van der Waals surface area contributed by atoms with Crippen molar-refractivity contribution in [1.29, 1.82) is 0 Å². The molecule has 2 amide bonds. The molecule has 0 fully saturated rings. The summed E-state index contributed by atoms with van der Waals surface area (Å²) in [4.78, 5) is 26.6. The monoisotopic (exact) mass is 271 g/mol. The molecule has 0 radical (unpaired) electrons. The molecule has 1 rings (SSSR count). The van der Waals surface area contributed by atoms with E-state index in [1.807, 2.05) is 6.92 Å². The van der Waals surface area contributed by atoms with Crippen LogP contribution in [0.3, 0.4) is 0 Å². The van der Waals surface area contributed by atoms with Gasteiger partial charge in [-0.3, -0.25) is 9.59 Å². The molecular weight excluding hydrogens is 254 g/mol. The van der Waals surface area contributed by atoms with Gasteiger partial charge in [0.2, 0.25) is 5.91 Å². The quantitative estimate of drug-likeness (QED) is 0.719. The van der Waals surface area contributed by atoms with Gasteiger partial charge in [0.05, 0.1) is 0 Å². The number of hydrogen-bond donors (Lipinski definition) is 3. The minimum Gasteiger partial charge on any atom is -0.396 e. The number of rotatable bonds is 6. The lowest BCUT2D eigenvalue weighted by molar-refractivity contribution is -0.114. The molecule has 0 aromatic carbocycles. The summed E-state index contributed by atoms with van der Waals surface area (Å²) in [6.07, 6.45) is 1.36. The van der Waals surface area contributed by atoms with Gasteiger partial charge in [0, 0.05) is 25.0 Å². The third kappa shape index (κ3) is 4.80. The number of aliphatic hydroxyl groups excluding tert-OH is 1. The Morgan fingerprint density at radius 1 is 1.56 bits per heavy atom. The van der Waals surface area contributed by atoms with Crippen molar-refractivity contribution >= 4 is 28.3 Å². The summed E-state index contributed by atoms with van der Waals surface area (Å²) in [6, 6.07) is -0.0180. The van der Waals surface area contributed by atoms with Crippen molar-refractivity contribution < 1.29 is 14.7 Å². The number of carbonyl (C=O) groups is 2. The molecule has 3 N–H and O–H groups in total. The number of aromatic nitrogens is 1. The van der Waals surface area contributed by atoms with E-state index in [9.17, 15) is 9.59 Å². The number of anilines is 1. The van der Waals surface area contributed by atoms with Crippen LogP contribution < -0.4 is 10.6 Å². The zero-order valence-corrected chi connectivity index (χ0v) is 11.2. The number of hydrogen-bond acceptors (Lipinski definition) is 5. The summed E-state index contributed by atoms with van der Waals surface area (Å²) in [7, 11) is 0. The van der Waals surface area contributed by atoms with E-state index in [1.165, 1.54) is 18.3 Å². The normalized spacial score (nSPS) is 11.9. The Kier molecular flexibility index (Phi) is 5.73. The lowest BCUT2D eigenvalue weighted by atomic mass is 10.2. The van der Waals surface area contributed by atoms with Crippen molar-refractivity contribution in [2.45, 2.75) is 32.7 Å². The molecule has 1 aromatic rings. The van der Waals surface area contributed by atoms with Crippen molar-refractivity contribution in [2.24, 2.45) is 0 Å². The Hall–Kier alpha value is -1.47. The maximum Gasteiger partial charge on any atom is 0.271 e. The lowest BCUT2D eigenvalue weighted by Gasteiger charge is -2.11. The molecule has 0 saturated heterocycles. The largest absolute Gasteiger partial charge is 0.396 e. The summed E-state index contributed by atoms with van der Waals surface area (Å²) in [6.45, 7) is 3.37. The standard InChI is InChI=1S/C11H17N3O3S/c1-7(4-3-5-15)12-10(17)9-6-18-11(14-9)13-8(2)16/h6-7,15H,3-5H2,1-2H3,(H,12,17)(H,13,14,16). The molecule has 100 valence electrons. The SMILES string of the molecule is CC(=O)Nc1nc(C(=O)NC(C)CCCO)cs1.